The molecule has 0 saturated heterocycles. The van der Waals surface area contributed by atoms with E-state index in [0.717, 1.165) is 18.2 Å². The van der Waals surface area contributed by atoms with Gasteiger partial charge in [0.1, 0.15) is 11.4 Å². The fourth-order valence-electron chi connectivity index (χ4n) is 1.70. The highest BCUT2D eigenvalue weighted by Gasteiger charge is 2.39. The zero-order chi connectivity index (χ0) is 15.6. The molecular weight excluding hydrogens is 309 g/mol. The number of nitrogens with one attached hydrogen (secondary N) is 1. The lowest BCUT2D eigenvalue weighted by atomic mass is 9.95. The van der Waals surface area contributed by atoms with Crippen molar-refractivity contribution in [3.05, 3.63) is 29.0 Å². The quantitative estimate of drug-likeness (QED) is 0.842. The molecule has 0 aliphatic carbocycles. The van der Waals surface area contributed by atoms with E-state index >= 15 is 0 Å². The van der Waals surface area contributed by atoms with E-state index in [0.29, 0.717) is 0 Å². The molecule has 112 valence electrons. The first kappa shape index (κ1) is 16.9. The number of rotatable bonds is 6. The minimum atomic E-state index is -4.11. The Kier molecular flexibility index (Phi) is 5.12. The second-order valence-corrected chi connectivity index (χ2v) is 6.37. The SMILES string of the molecule is CCC(CC)(NS(=O)(=O)c1ccc(F)c(Cl)c1)C(=O)O. The van der Waals surface area contributed by atoms with Gasteiger partial charge in [0.05, 0.1) is 9.92 Å². The van der Waals surface area contributed by atoms with E-state index in [1.54, 1.807) is 13.8 Å². The second-order valence-electron chi connectivity index (χ2n) is 4.28. The molecule has 20 heavy (non-hydrogen) atoms. The van der Waals surface area contributed by atoms with Gasteiger partial charge in [-0.3, -0.25) is 4.79 Å². The van der Waals surface area contributed by atoms with Gasteiger partial charge in [0.15, 0.2) is 0 Å². The number of benzene rings is 1. The van der Waals surface area contributed by atoms with E-state index in [1.807, 2.05) is 0 Å². The monoisotopic (exact) mass is 323 g/mol. The van der Waals surface area contributed by atoms with Crippen LogP contribution in [0, 0.1) is 5.82 Å². The predicted molar refractivity (Wildman–Crippen MR) is 72.7 cm³/mol. The zero-order valence-electron chi connectivity index (χ0n) is 11.0. The molecule has 0 spiro atoms. The van der Waals surface area contributed by atoms with Crippen LogP contribution in [0.2, 0.25) is 5.02 Å². The number of carbonyl (C=O) groups is 1. The fourth-order valence-corrected chi connectivity index (χ4v) is 3.47. The standard InChI is InChI=1S/C12H15ClFNO4S/c1-3-12(4-2,11(16)17)15-20(18,19)8-5-6-10(14)9(13)7-8/h5-7,15H,3-4H2,1-2H3,(H,16,17). The van der Waals surface area contributed by atoms with Gasteiger partial charge in [-0.05, 0) is 31.0 Å². The van der Waals surface area contributed by atoms with Gasteiger partial charge < -0.3 is 5.11 Å². The summed E-state index contributed by atoms with van der Waals surface area (Å²) in [5, 5.41) is 8.87. The lowest BCUT2D eigenvalue weighted by Crippen LogP contribution is -2.53. The molecular formula is C12H15ClFNO4S. The van der Waals surface area contributed by atoms with E-state index < -0.39 is 27.3 Å². The van der Waals surface area contributed by atoms with Crippen molar-refractivity contribution >= 4 is 27.6 Å². The molecule has 0 aliphatic rings. The Morgan fingerprint density at radius 3 is 2.35 bits per heavy atom. The molecule has 8 heteroatoms. The van der Waals surface area contributed by atoms with Crippen LogP contribution < -0.4 is 4.72 Å². The molecule has 2 N–H and O–H groups in total. The first-order chi connectivity index (χ1) is 9.18. The van der Waals surface area contributed by atoms with Crippen LogP contribution in [-0.2, 0) is 14.8 Å². The summed E-state index contributed by atoms with van der Waals surface area (Å²) in [7, 11) is -4.11. The first-order valence-electron chi connectivity index (χ1n) is 5.91. The van der Waals surface area contributed by atoms with Gasteiger partial charge in [0.2, 0.25) is 10.0 Å². The third-order valence-corrected chi connectivity index (χ3v) is 4.97. The maximum atomic E-state index is 13.0. The van der Waals surface area contributed by atoms with E-state index in [-0.39, 0.29) is 22.8 Å². The number of hydrogen-bond acceptors (Lipinski definition) is 3. The Labute approximate surface area is 121 Å². The molecule has 1 aromatic carbocycles. The van der Waals surface area contributed by atoms with Crippen molar-refractivity contribution < 1.29 is 22.7 Å². The average molecular weight is 324 g/mol. The van der Waals surface area contributed by atoms with E-state index in [2.05, 4.69) is 4.72 Å². The van der Waals surface area contributed by atoms with Crippen molar-refractivity contribution in [3.8, 4) is 0 Å². The van der Waals surface area contributed by atoms with E-state index in [4.69, 9.17) is 11.6 Å². The Morgan fingerprint density at radius 1 is 1.40 bits per heavy atom. The summed E-state index contributed by atoms with van der Waals surface area (Å²) in [6.07, 6.45) is 0.153. The molecule has 0 unspecified atom stereocenters. The van der Waals surface area contributed by atoms with Crippen LogP contribution in [0.15, 0.2) is 23.1 Å². The van der Waals surface area contributed by atoms with Gasteiger partial charge in [0, 0.05) is 0 Å². The minimum absolute atomic E-state index is 0.0764. The van der Waals surface area contributed by atoms with Crippen LogP contribution >= 0.6 is 11.6 Å². The number of halogens is 2. The van der Waals surface area contributed by atoms with Gasteiger partial charge in [-0.15, -0.1) is 0 Å². The highest BCUT2D eigenvalue weighted by atomic mass is 35.5. The number of carboxylic acids is 1. The first-order valence-corrected chi connectivity index (χ1v) is 7.77. The molecule has 0 bridgehead atoms. The van der Waals surface area contributed by atoms with Crippen LogP contribution in [0.4, 0.5) is 4.39 Å². The predicted octanol–water partition coefficient (Wildman–Crippen LogP) is 2.40. The van der Waals surface area contributed by atoms with Crippen LogP contribution in [0.1, 0.15) is 26.7 Å². The Bertz CT molecular complexity index is 614. The van der Waals surface area contributed by atoms with Crippen LogP contribution in [0.5, 0.6) is 0 Å². The van der Waals surface area contributed by atoms with Crippen molar-refractivity contribution in [1.82, 2.24) is 4.72 Å². The average Bonchev–Trinajstić information content (AvgIpc) is 2.38. The largest absolute Gasteiger partial charge is 0.480 e. The molecule has 1 rings (SSSR count). The molecule has 1 aromatic rings. The normalized spacial score (nSPS) is 12.4. The van der Waals surface area contributed by atoms with Gasteiger partial charge >= 0.3 is 5.97 Å². The highest BCUT2D eigenvalue weighted by molar-refractivity contribution is 7.89. The molecule has 0 fully saturated rings. The summed E-state index contributed by atoms with van der Waals surface area (Å²) in [5.41, 5.74) is -1.60. The van der Waals surface area contributed by atoms with Crippen LogP contribution in [0.25, 0.3) is 0 Å². The third-order valence-electron chi connectivity index (χ3n) is 3.15. The number of sulfonamides is 1. The Balaban J connectivity index is 3.23. The Morgan fingerprint density at radius 2 is 1.95 bits per heavy atom. The molecule has 0 aliphatic heterocycles. The summed E-state index contributed by atoms with van der Waals surface area (Å²) in [4.78, 5) is 11.0. The zero-order valence-corrected chi connectivity index (χ0v) is 12.6. The van der Waals surface area contributed by atoms with Gasteiger partial charge in [0.25, 0.3) is 0 Å². The van der Waals surface area contributed by atoms with Crippen molar-refractivity contribution in [2.24, 2.45) is 0 Å². The molecule has 0 amide bonds. The summed E-state index contributed by atoms with van der Waals surface area (Å²) in [5.74, 6) is -2.01. The number of carboxylic acid groups (broad SMARTS) is 1. The molecule has 0 aromatic heterocycles. The maximum absolute atomic E-state index is 13.0. The minimum Gasteiger partial charge on any atom is -0.480 e. The van der Waals surface area contributed by atoms with E-state index in [1.165, 1.54) is 0 Å². The molecule has 0 atom stereocenters. The fraction of sp³-hybridized carbons (Fsp3) is 0.417. The topological polar surface area (TPSA) is 83.5 Å². The molecule has 0 heterocycles. The number of hydrogen-bond donors (Lipinski definition) is 2. The summed E-state index contributed by atoms with van der Waals surface area (Å²) in [6.45, 7) is 3.13. The number of aliphatic carboxylic acids is 1. The van der Waals surface area contributed by atoms with Crippen LogP contribution in [-0.4, -0.2) is 25.0 Å². The molecule has 5 nitrogen and oxygen atoms in total. The van der Waals surface area contributed by atoms with E-state index in [9.17, 15) is 22.7 Å². The smallest absolute Gasteiger partial charge is 0.324 e. The maximum Gasteiger partial charge on any atom is 0.324 e. The molecule has 0 saturated carbocycles. The van der Waals surface area contributed by atoms with Gasteiger partial charge in [-0.1, -0.05) is 25.4 Å². The Hall–Kier alpha value is -1.18. The van der Waals surface area contributed by atoms with Gasteiger partial charge in [-0.25, -0.2) is 12.8 Å². The van der Waals surface area contributed by atoms with Gasteiger partial charge in [-0.2, -0.15) is 4.72 Å². The van der Waals surface area contributed by atoms with Crippen LogP contribution in [0.3, 0.4) is 0 Å². The summed E-state index contributed by atoms with van der Waals surface area (Å²) in [6, 6.07) is 2.88. The van der Waals surface area contributed by atoms with Crippen molar-refractivity contribution in [3.63, 3.8) is 0 Å². The van der Waals surface area contributed by atoms with Crippen molar-refractivity contribution in [2.45, 2.75) is 37.1 Å². The lowest BCUT2D eigenvalue weighted by Gasteiger charge is -2.27. The third kappa shape index (κ3) is 3.28. The molecule has 0 radical (unpaired) electrons. The summed E-state index contributed by atoms with van der Waals surface area (Å²) >= 11 is 5.54. The van der Waals surface area contributed by atoms with Crippen molar-refractivity contribution in [2.75, 3.05) is 0 Å². The highest BCUT2D eigenvalue weighted by Crippen LogP contribution is 2.23. The lowest BCUT2D eigenvalue weighted by molar-refractivity contribution is -0.144. The summed E-state index contributed by atoms with van der Waals surface area (Å²) < 4.78 is 39.6. The second kappa shape index (κ2) is 6.07. The van der Waals surface area contributed by atoms with Crippen molar-refractivity contribution in [1.29, 1.82) is 0 Å².